The van der Waals surface area contributed by atoms with Gasteiger partial charge in [0, 0.05) is 21.1 Å². The third-order valence-corrected chi connectivity index (χ3v) is 0.183. The van der Waals surface area contributed by atoms with Crippen molar-refractivity contribution in [2.24, 2.45) is 0 Å². The van der Waals surface area contributed by atoms with E-state index in [0.29, 0.717) is 0 Å². The second-order valence-corrected chi connectivity index (χ2v) is 2.55. The third kappa shape index (κ3) is 3800. The van der Waals surface area contributed by atoms with Crippen LogP contribution >= 0.6 is 0 Å². The summed E-state index contributed by atoms with van der Waals surface area (Å²) in [6.45, 7) is 7.62. The van der Waals surface area contributed by atoms with Crippen molar-refractivity contribution in [1.82, 2.24) is 4.90 Å². The molecule has 0 saturated carbocycles. The van der Waals surface area contributed by atoms with Crippen molar-refractivity contribution >= 4 is 25.3 Å². The molecule has 1 amide bonds. The smallest absolute Gasteiger partial charge is 0.668 e. The fraction of sp³-hybridized carbons (Fsp3) is 0.679. The van der Waals surface area contributed by atoms with Crippen LogP contribution in [0.1, 0.15) is 110 Å². The van der Waals surface area contributed by atoms with E-state index in [9.17, 15) is 9.59 Å². The van der Waals surface area contributed by atoms with Crippen LogP contribution in [0.25, 0.3) is 5.32 Å². The Bertz CT molecular complexity index is 175. The molecule has 0 radical (unpaired) electrons. The average molecular weight is 1430 g/mol. The van der Waals surface area contributed by atoms with E-state index in [0.717, 1.165) is 0 Å². The third-order valence-electron chi connectivity index (χ3n) is 0.183. The molecule has 0 saturated heterocycles. The van der Waals surface area contributed by atoms with Gasteiger partial charge in [-0.25, -0.2) is 0 Å². The number of amides is 1. The molecule has 0 heterocycles. The fourth-order valence-corrected chi connectivity index (χ4v) is 0. The minimum absolute atomic E-state index is 0. The quantitative estimate of drug-likeness (QED) is 0.149. The van der Waals surface area contributed by atoms with Crippen LogP contribution in [0, 0.1) is 37.1 Å². The standard InChI is InChI=1S/C3H6NO.C3H6O.C2H6N.C2H3O.CHO.12CH4.5CH3.5W/c1-4(2)3-5;1-3(2)4;1-3-2;1-2-3;1-2;;;;;;;;;;;;;;;;;;;;;;/h1-2H3;1-2H3;1-2H3;1H3;1H;12*1H4;5*1H3;;;;;/q-1;;3*-1;;;;;;;;;;;;;5*-1;;4*+2. The summed E-state index contributed by atoms with van der Waals surface area (Å²) in [5, 5.41) is 3.50. The molecule has 0 fully saturated rings. The molecule has 11 heteroatoms. The summed E-state index contributed by atoms with van der Waals surface area (Å²) in [5.74, 6) is 0.167. The number of carbonyl (C=O) groups excluding carboxylic acids is 4. The van der Waals surface area contributed by atoms with Gasteiger partial charge in [-0.1, -0.05) is 89.1 Å². The van der Waals surface area contributed by atoms with Gasteiger partial charge in [-0.05, 0) is 27.9 Å². The molecular formula is C28H85N2O4W5-. The Morgan fingerprint density at radius 3 is 0.615 bits per heavy atom. The molecule has 0 spiro atoms. The topological polar surface area (TPSA) is 85.6 Å². The molecule has 0 bridgehead atoms. The molecule has 0 aromatic carbocycles. The monoisotopic (exact) mass is 1430 g/mol. The van der Waals surface area contributed by atoms with Gasteiger partial charge in [0.1, 0.15) is 5.78 Å². The first-order valence-electron chi connectivity index (χ1n) is 4.36. The van der Waals surface area contributed by atoms with E-state index < -0.39 is 0 Å². The summed E-state index contributed by atoms with van der Waals surface area (Å²) >= 11 is 0. The van der Waals surface area contributed by atoms with E-state index in [1.165, 1.54) is 32.0 Å². The second-order valence-electron chi connectivity index (χ2n) is 2.55. The Kier molecular flexibility index (Phi) is 4410. The van der Waals surface area contributed by atoms with Crippen LogP contribution in [0.4, 0.5) is 0 Å². The largest absolute Gasteiger partial charge is 2.00 e. The zero-order chi connectivity index (χ0) is 15.3. The van der Waals surface area contributed by atoms with Gasteiger partial charge in [-0.3, -0.25) is 13.1 Å². The Labute approximate surface area is 332 Å². The van der Waals surface area contributed by atoms with Gasteiger partial charge >= 0.3 is 84.3 Å². The summed E-state index contributed by atoms with van der Waals surface area (Å²) in [4.78, 5) is 36.5. The summed E-state index contributed by atoms with van der Waals surface area (Å²) < 4.78 is 0. The van der Waals surface area contributed by atoms with Crippen LogP contribution in [-0.2, 0) is 125 Å². The van der Waals surface area contributed by atoms with E-state index in [1.807, 2.05) is 0 Å². The Balaban J connectivity index is -0.00000000164. The molecule has 0 N–H and O–H groups in total. The van der Waals surface area contributed by atoms with Gasteiger partial charge in [-0.15, -0.1) is 0 Å². The van der Waals surface area contributed by atoms with Gasteiger partial charge in [0.15, 0.2) is 0 Å². The predicted octanol–water partition coefficient (Wildman–Crippen LogP) is 10.5. The van der Waals surface area contributed by atoms with E-state index in [4.69, 9.17) is 9.59 Å². The molecule has 0 aliphatic carbocycles. The predicted molar refractivity (Wildman–Crippen MR) is 182 cm³/mol. The maximum atomic E-state index is 9.44. The Morgan fingerprint density at radius 2 is 0.615 bits per heavy atom. The minimum atomic E-state index is 0. The van der Waals surface area contributed by atoms with Crippen molar-refractivity contribution in [2.45, 2.75) is 110 Å². The SMILES string of the molecule is C.C.C.C.C.C.C.C.C.C.C.C.CC(C)=O.CN(C)[C-]=O.C[C-]=O.C[N-]C.[CH-]=O.[CH3-].[CH3-].[CH3-].[CH3-].[CH3-].[W+2].[W+2].[W+2].[W+2].[W]. The summed E-state index contributed by atoms with van der Waals surface area (Å²) in [6, 6.07) is 0. The number of Topliss-reactive ketones (excluding diaryl/α,β-unsaturated/α-hetero) is 1. The van der Waals surface area contributed by atoms with Crippen molar-refractivity contribution in [3.05, 3.63) is 42.5 Å². The summed E-state index contributed by atoms with van der Waals surface area (Å²) in [7, 11) is 6.76. The van der Waals surface area contributed by atoms with Crippen molar-refractivity contribution in [3.63, 3.8) is 0 Å². The average Bonchev–Trinajstić information content (AvgIpc) is 2.22. The number of carbonyl (C=O) groups is 1. The molecule has 0 aliphatic rings. The van der Waals surface area contributed by atoms with Crippen molar-refractivity contribution in [3.8, 4) is 0 Å². The molecule has 6 nitrogen and oxygen atoms in total. The molecule has 0 atom stereocenters. The van der Waals surface area contributed by atoms with E-state index in [2.05, 4.69) is 12.1 Å². The van der Waals surface area contributed by atoms with Gasteiger partial charge < -0.3 is 66.5 Å². The zero-order valence-corrected chi connectivity index (χ0v) is 33.3. The zero-order valence-electron chi connectivity index (χ0n) is 18.6. The van der Waals surface area contributed by atoms with E-state index in [-0.39, 0.29) is 237 Å². The van der Waals surface area contributed by atoms with Crippen molar-refractivity contribution in [1.29, 1.82) is 0 Å². The maximum absolute atomic E-state index is 9.44. The number of ketones is 1. The van der Waals surface area contributed by atoms with Crippen LogP contribution in [0.3, 0.4) is 0 Å². The van der Waals surface area contributed by atoms with Gasteiger partial charge in [0.05, 0.1) is 0 Å². The first kappa shape index (κ1) is 337. The number of hydrogen-bond donors (Lipinski definition) is 0. The van der Waals surface area contributed by atoms with Crippen LogP contribution in [0.15, 0.2) is 0 Å². The van der Waals surface area contributed by atoms with Gasteiger partial charge in [-0.2, -0.15) is 27.4 Å². The van der Waals surface area contributed by atoms with Crippen LogP contribution in [0.5, 0.6) is 0 Å². The Morgan fingerprint density at radius 1 is 0.590 bits per heavy atom. The molecule has 0 aliphatic heterocycles. The number of hydrogen-bond acceptors (Lipinski definition) is 4. The first-order valence-corrected chi connectivity index (χ1v) is 4.36. The fourth-order valence-electron chi connectivity index (χ4n) is 0. The number of rotatable bonds is 1. The first-order chi connectivity index (χ1) is 7.83. The minimum Gasteiger partial charge on any atom is -0.668 e. The molecule has 0 aromatic heterocycles. The van der Waals surface area contributed by atoms with Crippen molar-refractivity contribution < 1.29 is 125 Å². The van der Waals surface area contributed by atoms with Crippen LogP contribution in [-0.4, -0.2) is 58.4 Å². The molecule has 39 heavy (non-hydrogen) atoms. The Hall–Kier alpha value is 1.88. The maximum Gasteiger partial charge on any atom is 2.00 e. The molecule has 0 aromatic rings. The van der Waals surface area contributed by atoms with Crippen LogP contribution in [0.2, 0.25) is 0 Å². The van der Waals surface area contributed by atoms with Gasteiger partial charge in [0.25, 0.3) is 0 Å². The number of nitrogens with zero attached hydrogens (tertiary/aromatic N) is 2. The summed E-state index contributed by atoms with van der Waals surface area (Å²) in [6.07, 6.45) is 3.11. The molecule has 0 rings (SSSR count). The molecular weight excluding hydrogens is 1350 g/mol. The van der Waals surface area contributed by atoms with Crippen LogP contribution < -0.4 is 0 Å². The van der Waals surface area contributed by atoms with E-state index >= 15 is 0 Å². The van der Waals surface area contributed by atoms with Gasteiger partial charge in [0.2, 0.25) is 0 Å². The second kappa shape index (κ2) is 509. The molecule has 262 valence electrons. The molecule has 0 unspecified atom stereocenters. The van der Waals surface area contributed by atoms with Crippen molar-refractivity contribution in [2.75, 3.05) is 28.2 Å². The van der Waals surface area contributed by atoms with E-state index in [1.54, 1.807) is 34.6 Å². The summed E-state index contributed by atoms with van der Waals surface area (Å²) in [5.41, 5.74) is 0. The normalized spacial score (nSPS) is 2.44.